The number of aliphatic hydroxyl groups is 2. The Morgan fingerprint density at radius 3 is 2.50 bits per heavy atom. The molecule has 0 amide bonds. The van der Waals surface area contributed by atoms with Crippen LogP contribution < -0.4 is 5.32 Å². The van der Waals surface area contributed by atoms with Crippen LogP contribution in [0.25, 0.3) is 0 Å². The van der Waals surface area contributed by atoms with Crippen LogP contribution in [0.3, 0.4) is 0 Å². The summed E-state index contributed by atoms with van der Waals surface area (Å²) in [6, 6.07) is 0. The van der Waals surface area contributed by atoms with Gasteiger partial charge in [-0.15, -0.1) is 0 Å². The van der Waals surface area contributed by atoms with Crippen molar-refractivity contribution in [3.63, 3.8) is 0 Å². The average Bonchev–Trinajstić information content (AvgIpc) is 2.54. The van der Waals surface area contributed by atoms with Gasteiger partial charge in [0.2, 0.25) is 0 Å². The van der Waals surface area contributed by atoms with Crippen molar-refractivity contribution in [3.05, 3.63) is 0 Å². The van der Waals surface area contributed by atoms with Gasteiger partial charge in [0.15, 0.2) is 0 Å². The first-order valence-electron chi connectivity index (χ1n) is 5.75. The van der Waals surface area contributed by atoms with Crippen LogP contribution in [0.1, 0.15) is 45.4 Å². The number of hydrogen-bond donors (Lipinski definition) is 3. The highest BCUT2D eigenvalue weighted by Crippen LogP contribution is 2.44. The molecule has 1 fully saturated rings. The quantitative estimate of drug-likeness (QED) is 0.567. The van der Waals surface area contributed by atoms with Gasteiger partial charge in [-0.2, -0.15) is 0 Å². The van der Waals surface area contributed by atoms with E-state index >= 15 is 0 Å². The van der Waals surface area contributed by atoms with Crippen molar-refractivity contribution in [1.29, 1.82) is 0 Å². The summed E-state index contributed by atoms with van der Waals surface area (Å²) >= 11 is 0. The van der Waals surface area contributed by atoms with Crippen LogP contribution >= 0.6 is 0 Å². The number of aliphatic hydroxyl groups excluding tert-OH is 2. The highest BCUT2D eigenvalue weighted by Gasteiger charge is 2.34. The number of rotatable bonds is 6. The van der Waals surface area contributed by atoms with E-state index in [0.717, 1.165) is 32.2 Å². The molecule has 1 saturated carbocycles. The maximum absolute atomic E-state index is 9.71. The lowest BCUT2D eigenvalue weighted by Crippen LogP contribution is -2.35. The van der Waals surface area contributed by atoms with Gasteiger partial charge in [-0.1, -0.05) is 19.8 Å². The first kappa shape index (κ1) is 12.0. The molecule has 0 bridgehead atoms. The van der Waals surface area contributed by atoms with Gasteiger partial charge in [-0.05, 0) is 37.6 Å². The van der Waals surface area contributed by atoms with Crippen molar-refractivity contribution in [3.8, 4) is 0 Å². The molecule has 84 valence electrons. The van der Waals surface area contributed by atoms with Crippen molar-refractivity contribution >= 4 is 0 Å². The lowest BCUT2D eigenvalue weighted by atomic mass is 9.79. The monoisotopic (exact) mass is 201 g/mol. The van der Waals surface area contributed by atoms with Gasteiger partial charge in [-0.3, -0.25) is 5.32 Å². The van der Waals surface area contributed by atoms with Gasteiger partial charge in [-0.25, -0.2) is 0 Å². The van der Waals surface area contributed by atoms with Gasteiger partial charge >= 0.3 is 0 Å². The van der Waals surface area contributed by atoms with E-state index < -0.39 is 6.23 Å². The zero-order chi connectivity index (χ0) is 10.4. The second-order valence-corrected chi connectivity index (χ2v) is 4.46. The SMILES string of the molecule is CCNC(O)CC1(CCO)CCCC1. The molecule has 0 aromatic heterocycles. The summed E-state index contributed by atoms with van der Waals surface area (Å²) in [7, 11) is 0. The molecule has 1 aliphatic rings. The van der Waals surface area contributed by atoms with Crippen molar-refractivity contribution in [2.24, 2.45) is 5.41 Å². The summed E-state index contributed by atoms with van der Waals surface area (Å²) in [6.45, 7) is 3.05. The zero-order valence-electron chi connectivity index (χ0n) is 9.13. The molecule has 3 nitrogen and oxygen atoms in total. The Labute approximate surface area is 86.5 Å². The lowest BCUT2D eigenvalue weighted by molar-refractivity contribution is 0.0589. The number of nitrogens with one attached hydrogen (secondary N) is 1. The van der Waals surface area contributed by atoms with Crippen LogP contribution in [-0.4, -0.2) is 29.6 Å². The second kappa shape index (κ2) is 5.69. The first-order chi connectivity index (χ1) is 6.72. The predicted octanol–water partition coefficient (Wildman–Crippen LogP) is 1.25. The molecule has 1 rings (SSSR count). The van der Waals surface area contributed by atoms with E-state index in [1.807, 2.05) is 6.92 Å². The molecule has 0 radical (unpaired) electrons. The second-order valence-electron chi connectivity index (χ2n) is 4.46. The van der Waals surface area contributed by atoms with Crippen LogP contribution in [0.2, 0.25) is 0 Å². The highest BCUT2D eigenvalue weighted by atomic mass is 16.3. The standard InChI is InChI=1S/C11H23NO2/c1-2-12-10(14)9-11(7-8-13)5-3-4-6-11/h10,12-14H,2-9H2,1H3. The van der Waals surface area contributed by atoms with Crippen LogP contribution in [0.4, 0.5) is 0 Å². The highest BCUT2D eigenvalue weighted by molar-refractivity contribution is 4.86. The molecular formula is C11H23NO2. The van der Waals surface area contributed by atoms with Crippen molar-refractivity contribution < 1.29 is 10.2 Å². The number of hydrogen-bond acceptors (Lipinski definition) is 3. The first-order valence-corrected chi connectivity index (χ1v) is 5.75. The summed E-state index contributed by atoms with van der Waals surface area (Å²) in [5.41, 5.74) is 0.205. The molecule has 14 heavy (non-hydrogen) atoms. The molecule has 0 aromatic rings. The molecular weight excluding hydrogens is 178 g/mol. The maximum Gasteiger partial charge on any atom is 0.105 e. The smallest absolute Gasteiger partial charge is 0.105 e. The van der Waals surface area contributed by atoms with Gasteiger partial charge in [0, 0.05) is 6.61 Å². The molecule has 0 heterocycles. The zero-order valence-corrected chi connectivity index (χ0v) is 9.13. The Hall–Kier alpha value is -0.120. The fourth-order valence-corrected chi connectivity index (χ4v) is 2.64. The molecule has 0 saturated heterocycles. The molecule has 0 aliphatic heterocycles. The van der Waals surface area contributed by atoms with Crippen molar-refractivity contribution in [1.82, 2.24) is 5.32 Å². The van der Waals surface area contributed by atoms with E-state index in [4.69, 9.17) is 5.11 Å². The summed E-state index contributed by atoms with van der Waals surface area (Å²) in [5, 5.41) is 21.8. The molecule has 0 spiro atoms. The van der Waals surface area contributed by atoms with E-state index in [-0.39, 0.29) is 12.0 Å². The Balaban J connectivity index is 2.42. The van der Waals surface area contributed by atoms with Gasteiger partial charge in [0.25, 0.3) is 0 Å². The fourth-order valence-electron chi connectivity index (χ4n) is 2.64. The summed E-state index contributed by atoms with van der Waals surface area (Å²) in [6.07, 6.45) is 6.06. The lowest BCUT2D eigenvalue weighted by Gasteiger charge is -2.30. The summed E-state index contributed by atoms with van der Waals surface area (Å²) in [5.74, 6) is 0. The predicted molar refractivity (Wildman–Crippen MR) is 56.9 cm³/mol. The van der Waals surface area contributed by atoms with E-state index in [1.165, 1.54) is 12.8 Å². The minimum absolute atomic E-state index is 0.205. The van der Waals surface area contributed by atoms with Gasteiger partial charge in [0.05, 0.1) is 0 Å². The molecule has 1 aliphatic carbocycles. The summed E-state index contributed by atoms with van der Waals surface area (Å²) < 4.78 is 0. The molecule has 1 atom stereocenters. The van der Waals surface area contributed by atoms with Gasteiger partial charge < -0.3 is 10.2 Å². The van der Waals surface area contributed by atoms with E-state index in [2.05, 4.69) is 5.32 Å². The van der Waals surface area contributed by atoms with Crippen LogP contribution in [0, 0.1) is 5.41 Å². The largest absolute Gasteiger partial charge is 0.396 e. The normalized spacial score (nSPS) is 22.5. The summed E-state index contributed by atoms with van der Waals surface area (Å²) in [4.78, 5) is 0. The third-order valence-electron chi connectivity index (χ3n) is 3.37. The molecule has 0 aromatic carbocycles. The maximum atomic E-state index is 9.71. The third-order valence-corrected chi connectivity index (χ3v) is 3.37. The minimum atomic E-state index is -0.398. The van der Waals surface area contributed by atoms with Gasteiger partial charge in [0.1, 0.15) is 6.23 Å². The minimum Gasteiger partial charge on any atom is -0.396 e. The van der Waals surface area contributed by atoms with Crippen LogP contribution in [0.5, 0.6) is 0 Å². The third kappa shape index (κ3) is 3.23. The van der Waals surface area contributed by atoms with E-state index in [9.17, 15) is 5.11 Å². The van der Waals surface area contributed by atoms with Crippen LogP contribution in [0.15, 0.2) is 0 Å². The van der Waals surface area contributed by atoms with Crippen molar-refractivity contribution in [2.45, 2.75) is 51.7 Å². The Morgan fingerprint density at radius 2 is 2.00 bits per heavy atom. The van der Waals surface area contributed by atoms with Crippen molar-refractivity contribution in [2.75, 3.05) is 13.2 Å². The van der Waals surface area contributed by atoms with E-state index in [1.54, 1.807) is 0 Å². The molecule has 3 heteroatoms. The fraction of sp³-hybridized carbons (Fsp3) is 1.00. The topological polar surface area (TPSA) is 52.5 Å². The van der Waals surface area contributed by atoms with E-state index in [0.29, 0.717) is 0 Å². The molecule has 1 unspecified atom stereocenters. The Morgan fingerprint density at radius 1 is 1.36 bits per heavy atom. The average molecular weight is 201 g/mol. The molecule has 3 N–H and O–H groups in total. The van der Waals surface area contributed by atoms with Crippen LogP contribution in [-0.2, 0) is 0 Å². The Kier molecular flexibility index (Phi) is 4.85. The Bertz CT molecular complexity index is 155.